The van der Waals surface area contributed by atoms with Crippen LogP contribution in [0.3, 0.4) is 0 Å². The van der Waals surface area contributed by atoms with Crippen molar-refractivity contribution in [3.05, 3.63) is 78.9 Å². The van der Waals surface area contributed by atoms with Crippen LogP contribution in [-0.4, -0.2) is 12.3 Å². The van der Waals surface area contributed by atoms with Crippen molar-refractivity contribution in [2.45, 2.75) is 39.5 Å². The Labute approximate surface area is 215 Å². The molecule has 0 aliphatic heterocycles. The van der Waals surface area contributed by atoms with Gasteiger partial charge in [-0.05, 0) is 25.2 Å². The standard InChI is InChI=1S/C17H24P.C9H7.2ClH.Zr/c1-3-5-11-18(12-6-4-2)17-13-15-9-7-8-10-16(15)14-17;1-2-5-9-7-3-6-8(9)4-1;;;/h7-10,13-14H,3-6,11-12H2,1-2H3;1-7H;2*1H;/q2*-1;;;+4/p-2. The Morgan fingerprint density at radius 2 is 1.30 bits per heavy atom. The van der Waals surface area contributed by atoms with Crippen LogP contribution in [0.25, 0.3) is 21.5 Å². The van der Waals surface area contributed by atoms with E-state index in [9.17, 15) is 0 Å². The Kier molecular flexibility index (Phi) is 16.0. The van der Waals surface area contributed by atoms with Gasteiger partial charge in [-0.2, -0.15) is 23.6 Å². The van der Waals surface area contributed by atoms with Crippen LogP contribution in [0.15, 0.2) is 78.9 Å². The molecule has 0 fully saturated rings. The Morgan fingerprint density at radius 1 is 0.733 bits per heavy atom. The van der Waals surface area contributed by atoms with E-state index in [1.54, 1.807) is 5.30 Å². The summed E-state index contributed by atoms with van der Waals surface area (Å²) >= 11 is 0. The summed E-state index contributed by atoms with van der Waals surface area (Å²) in [4.78, 5) is 0. The number of unbranched alkanes of at least 4 members (excludes halogenated alkanes) is 2. The van der Waals surface area contributed by atoms with E-state index in [1.165, 1.54) is 59.6 Å². The molecular weight excluding hydrogens is 505 g/mol. The summed E-state index contributed by atoms with van der Waals surface area (Å²) in [5, 5.41) is 7.14. The van der Waals surface area contributed by atoms with Crippen molar-refractivity contribution in [3.8, 4) is 0 Å². The molecule has 0 spiro atoms. The van der Waals surface area contributed by atoms with E-state index in [-0.39, 0.29) is 58.9 Å². The maximum atomic E-state index is 2.44. The number of rotatable bonds is 7. The van der Waals surface area contributed by atoms with Gasteiger partial charge >= 0.3 is 26.2 Å². The fourth-order valence-electron chi connectivity index (χ4n) is 3.45. The van der Waals surface area contributed by atoms with Gasteiger partial charge in [0.25, 0.3) is 0 Å². The molecule has 0 saturated carbocycles. The molecule has 4 rings (SSSR count). The third kappa shape index (κ3) is 8.59. The van der Waals surface area contributed by atoms with Crippen LogP contribution in [0.5, 0.6) is 0 Å². The molecule has 4 aromatic rings. The van der Waals surface area contributed by atoms with Crippen LogP contribution >= 0.6 is 7.92 Å². The van der Waals surface area contributed by atoms with Crippen LogP contribution in [0.2, 0.25) is 0 Å². The molecule has 0 radical (unpaired) electrons. The van der Waals surface area contributed by atoms with Gasteiger partial charge in [0.15, 0.2) is 0 Å². The molecule has 0 heterocycles. The Hall–Kier alpha value is -0.447. The zero-order valence-electron chi connectivity index (χ0n) is 18.0. The van der Waals surface area contributed by atoms with Gasteiger partial charge in [-0.25, -0.2) is 0 Å². The second kappa shape index (κ2) is 16.2. The quantitative estimate of drug-likeness (QED) is 0.250. The van der Waals surface area contributed by atoms with Crippen LogP contribution in [-0.2, 0) is 26.2 Å². The van der Waals surface area contributed by atoms with Gasteiger partial charge in [-0.15, -0.1) is 70.0 Å². The van der Waals surface area contributed by atoms with Crippen molar-refractivity contribution < 1.29 is 51.0 Å². The number of hydrogen-bond acceptors (Lipinski definition) is 0. The van der Waals surface area contributed by atoms with Gasteiger partial charge in [0, 0.05) is 0 Å². The van der Waals surface area contributed by atoms with Gasteiger partial charge in [-0.1, -0.05) is 46.7 Å². The Bertz CT molecular complexity index is 873. The van der Waals surface area contributed by atoms with Gasteiger partial charge in [0.05, 0.1) is 0 Å². The smallest absolute Gasteiger partial charge is 1.00 e. The third-order valence-corrected chi connectivity index (χ3v) is 7.78. The van der Waals surface area contributed by atoms with E-state index < -0.39 is 0 Å². The number of hydrogen-bond donors (Lipinski definition) is 0. The van der Waals surface area contributed by atoms with Crippen molar-refractivity contribution in [2.75, 3.05) is 12.3 Å². The molecule has 0 unspecified atom stereocenters. The van der Waals surface area contributed by atoms with Crippen molar-refractivity contribution in [3.63, 3.8) is 0 Å². The molecular formula is C26H31Cl2PZr. The second-order valence-corrected chi connectivity index (χ2v) is 9.68. The minimum absolute atomic E-state index is 0. The molecule has 0 aliphatic rings. The van der Waals surface area contributed by atoms with E-state index in [0.29, 0.717) is 0 Å². The average molecular weight is 537 g/mol. The zero-order valence-corrected chi connectivity index (χ0v) is 22.8. The largest absolute Gasteiger partial charge is 4.00 e. The van der Waals surface area contributed by atoms with E-state index in [1.807, 2.05) is 0 Å². The van der Waals surface area contributed by atoms with Gasteiger partial charge < -0.3 is 24.8 Å². The van der Waals surface area contributed by atoms with Gasteiger partial charge in [0.2, 0.25) is 0 Å². The van der Waals surface area contributed by atoms with Crippen molar-refractivity contribution in [2.24, 2.45) is 0 Å². The fourth-order valence-corrected chi connectivity index (χ4v) is 6.23. The first-order chi connectivity index (χ1) is 13.3. The summed E-state index contributed by atoms with van der Waals surface area (Å²) in [7, 11) is 0.0856. The van der Waals surface area contributed by atoms with Crippen molar-refractivity contribution in [1.29, 1.82) is 0 Å². The first kappa shape index (κ1) is 29.6. The maximum Gasteiger partial charge on any atom is 4.00 e. The molecule has 0 amide bonds. The number of fused-ring (bicyclic) bond motifs is 2. The molecule has 30 heavy (non-hydrogen) atoms. The molecule has 4 aromatic carbocycles. The summed E-state index contributed by atoms with van der Waals surface area (Å²) in [5.74, 6) is 0. The van der Waals surface area contributed by atoms with E-state index in [2.05, 4.69) is 92.7 Å². The molecule has 158 valence electrons. The van der Waals surface area contributed by atoms with E-state index >= 15 is 0 Å². The molecule has 0 N–H and O–H groups in total. The molecule has 0 nitrogen and oxygen atoms in total. The van der Waals surface area contributed by atoms with E-state index in [0.717, 1.165) is 0 Å². The molecule has 0 atom stereocenters. The number of halogens is 2. The molecule has 0 aromatic heterocycles. The van der Waals surface area contributed by atoms with Crippen LogP contribution in [0.4, 0.5) is 0 Å². The normalized spacial score (nSPS) is 9.97. The van der Waals surface area contributed by atoms with E-state index in [4.69, 9.17) is 0 Å². The molecule has 4 heteroatoms. The second-order valence-electron chi connectivity index (χ2n) is 7.19. The van der Waals surface area contributed by atoms with Crippen LogP contribution in [0, 0.1) is 0 Å². The van der Waals surface area contributed by atoms with Crippen LogP contribution < -0.4 is 30.1 Å². The minimum atomic E-state index is 0. The van der Waals surface area contributed by atoms with Crippen molar-refractivity contribution in [1.82, 2.24) is 0 Å². The predicted octanol–water partition coefficient (Wildman–Crippen LogP) is 1.83. The first-order valence-corrected chi connectivity index (χ1v) is 12.0. The maximum absolute atomic E-state index is 2.44. The summed E-state index contributed by atoms with van der Waals surface area (Å²) in [6.45, 7) is 4.60. The van der Waals surface area contributed by atoms with Gasteiger partial charge in [0.1, 0.15) is 0 Å². The average Bonchev–Trinajstić information content (AvgIpc) is 3.35. The zero-order chi connectivity index (χ0) is 18.9. The summed E-state index contributed by atoms with van der Waals surface area (Å²) < 4.78 is 0. The minimum Gasteiger partial charge on any atom is -1.00 e. The monoisotopic (exact) mass is 534 g/mol. The topological polar surface area (TPSA) is 0 Å². The van der Waals surface area contributed by atoms with Crippen LogP contribution in [0.1, 0.15) is 39.5 Å². The fraction of sp³-hybridized carbons (Fsp3) is 0.308. The Morgan fingerprint density at radius 3 is 1.87 bits per heavy atom. The number of benzene rings is 2. The first-order valence-electron chi connectivity index (χ1n) is 10.3. The SMILES string of the molecule is CCCCP(CCCC)c1cc2ccccc2[cH-]1.[Cl-].[Cl-].[Zr+4].c1ccc2[cH-]ccc2c1. The van der Waals surface area contributed by atoms with Crippen molar-refractivity contribution >= 4 is 34.8 Å². The van der Waals surface area contributed by atoms with Gasteiger partial charge in [-0.3, -0.25) is 0 Å². The summed E-state index contributed by atoms with van der Waals surface area (Å²) in [5.41, 5.74) is 0. The predicted molar refractivity (Wildman–Crippen MR) is 125 cm³/mol. The Balaban J connectivity index is 0.000000597. The summed E-state index contributed by atoms with van der Waals surface area (Å²) in [6.07, 6.45) is 8.26. The summed E-state index contributed by atoms with van der Waals surface area (Å²) in [6, 6.07) is 28.3. The molecule has 0 aliphatic carbocycles. The molecule has 0 saturated heterocycles. The molecule has 0 bridgehead atoms. The third-order valence-electron chi connectivity index (χ3n) is 5.08.